The van der Waals surface area contributed by atoms with Crippen LogP contribution in [0.5, 0.6) is 0 Å². The van der Waals surface area contributed by atoms with Crippen molar-refractivity contribution in [1.29, 1.82) is 0 Å². The SMILES string of the molecule is CC(C)(C)Cn1cc(-c2cccc([C@@]34CC[C@@H](c5cc(-c6c(F)cccc6F)nnc53)C4(C)C)n2)cn1. The van der Waals surface area contributed by atoms with Gasteiger partial charge in [0.25, 0.3) is 0 Å². The molecule has 1 aromatic carbocycles. The number of fused-ring (bicyclic) bond motifs is 5. The standard InChI is InChI=1S/C30H31F2N5/c1-28(2,3)17-37-16-18(15-33-37)23-10-7-11-25(34-23)30-13-12-20(29(30,4)5)19-14-24(35-36-27(19)30)26-21(31)8-6-9-22(26)32/h6-11,14-16,20H,12-13,17H2,1-5H3/t20-,30-/m0/s1. The van der Waals surface area contributed by atoms with E-state index in [1.165, 1.54) is 18.2 Å². The van der Waals surface area contributed by atoms with E-state index in [0.29, 0.717) is 0 Å². The van der Waals surface area contributed by atoms with Crippen molar-refractivity contribution in [3.05, 3.63) is 83.4 Å². The summed E-state index contributed by atoms with van der Waals surface area (Å²) in [7, 11) is 0. The molecule has 6 rings (SSSR count). The van der Waals surface area contributed by atoms with E-state index < -0.39 is 17.0 Å². The number of hydrogen-bond acceptors (Lipinski definition) is 4. The van der Waals surface area contributed by atoms with Crippen molar-refractivity contribution in [2.24, 2.45) is 10.8 Å². The number of hydrogen-bond donors (Lipinski definition) is 0. The normalized spacial score (nSPS) is 21.9. The van der Waals surface area contributed by atoms with Crippen molar-refractivity contribution in [2.75, 3.05) is 0 Å². The summed E-state index contributed by atoms with van der Waals surface area (Å²) in [5.41, 5.74) is 4.33. The van der Waals surface area contributed by atoms with Crippen LogP contribution in [0.2, 0.25) is 0 Å². The summed E-state index contributed by atoms with van der Waals surface area (Å²) in [6.07, 6.45) is 5.78. The van der Waals surface area contributed by atoms with Crippen LogP contribution in [0.1, 0.15) is 70.3 Å². The second-order valence-corrected chi connectivity index (χ2v) is 12.2. The van der Waals surface area contributed by atoms with Crippen LogP contribution >= 0.6 is 0 Å². The van der Waals surface area contributed by atoms with Gasteiger partial charge in [-0.15, -0.1) is 5.10 Å². The lowest BCUT2D eigenvalue weighted by atomic mass is 9.66. The first-order valence-corrected chi connectivity index (χ1v) is 12.8. The van der Waals surface area contributed by atoms with Crippen molar-refractivity contribution >= 4 is 0 Å². The number of rotatable bonds is 4. The highest BCUT2D eigenvalue weighted by atomic mass is 19.1. The molecule has 190 valence electrons. The molecule has 37 heavy (non-hydrogen) atoms. The van der Waals surface area contributed by atoms with E-state index in [1.807, 2.05) is 29.1 Å². The first-order chi connectivity index (χ1) is 17.5. The summed E-state index contributed by atoms with van der Waals surface area (Å²) >= 11 is 0. The van der Waals surface area contributed by atoms with Crippen LogP contribution in [-0.4, -0.2) is 25.0 Å². The zero-order valence-electron chi connectivity index (χ0n) is 21.9. The third-order valence-corrected chi connectivity index (χ3v) is 8.35. The molecule has 0 saturated heterocycles. The molecule has 0 radical (unpaired) electrons. The van der Waals surface area contributed by atoms with Gasteiger partial charge in [-0.2, -0.15) is 10.2 Å². The van der Waals surface area contributed by atoms with Gasteiger partial charge in [-0.3, -0.25) is 9.67 Å². The Kier molecular flexibility index (Phi) is 5.17. The Balaban J connectivity index is 1.44. The second-order valence-electron chi connectivity index (χ2n) is 12.2. The number of benzene rings is 1. The maximum atomic E-state index is 14.5. The first-order valence-electron chi connectivity index (χ1n) is 12.8. The number of halogens is 2. The molecule has 3 heterocycles. The van der Waals surface area contributed by atoms with Gasteiger partial charge in [-0.05, 0) is 65.5 Å². The fourth-order valence-electron chi connectivity index (χ4n) is 6.66. The third kappa shape index (κ3) is 3.54. The molecular weight excluding hydrogens is 468 g/mol. The lowest BCUT2D eigenvalue weighted by Crippen LogP contribution is -2.37. The van der Waals surface area contributed by atoms with Gasteiger partial charge < -0.3 is 0 Å². The van der Waals surface area contributed by atoms with Crippen molar-refractivity contribution in [2.45, 2.75) is 65.3 Å². The van der Waals surface area contributed by atoms with Gasteiger partial charge in [0.1, 0.15) is 11.6 Å². The van der Waals surface area contributed by atoms with Crippen molar-refractivity contribution in [1.82, 2.24) is 25.0 Å². The molecule has 0 unspecified atom stereocenters. The number of nitrogens with zero attached hydrogens (tertiary/aromatic N) is 5. The van der Waals surface area contributed by atoms with E-state index in [-0.39, 0.29) is 28.0 Å². The van der Waals surface area contributed by atoms with Gasteiger partial charge in [0.15, 0.2) is 0 Å². The zero-order valence-corrected chi connectivity index (χ0v) is 21.9. The zero-order chi connectivity index (χ0) is 26.2. The molecule has 0 aliphatic heterocycles. The quantitative estimate of drug-likeness (QED) is 0.306. The Morgan fingerprint density at radius 3 is 2.46 bits per heavy atom. The van der Waals surface area contributed by atoms with Crippen LogP contribution in [-0.2, 0) is 12.0 Å². The van der Waals surface area contributed by atoms with Crippen molar-refractivity contribution in [3.8, 4) is 22.5 Å². The van der Waals surface area contributed by atoms with Crippen LogP contribution in [0.15, 0.2) is 54.9 Å². The van der Waals surface area contributed by atoms with E-state index in [0.717, 1.165) is 47.6 Å². The largest absolute Gasteiger partial charge is 0.272 e. The monoisotopic (exact) mass is 499 g/mol. The lowest BCUT2D eigenvalue weighted by Gasteiger charge is -2.37. The summed E-state index contributed by atoms with van der Waals surface area (Å²) in [6.45, 7) is 11.9. The van der Waals surface area contributed by atoms with Crippen LogP contribution < -0.4 is 0 Å². The smallest absolute Gasteiger partial charge is 0.135 e. The number of aromatic nitrogens is 5. The maximum Gasteiger partial charge on any atom is 0.135 e. The molecule has 1 fully saturated rings. The van der Waals surface area contributed by atoms with Crippen LogP contribution in [0, 0.1) is 22.5 Å². The Bertz CT molecular complexity index is 1500. The maximum absolute atomic E-state index is 14.5. The molecule has 0 N–H and O–H groups in total. The summed E-state index contributed by atoms with van der Waals surface area (Å²) in [6, 6.07) is 11.9. The Morgan fingerprint density at radius 2 is 1.73 bits per heavy atom. The minimum Gasteiger partial charge on any atom is -0.272 e. The molecular formula is C30H31F2N5. The van der Waals surface area contributed by atoms with Crippen LogP contribution in [0.25, 0.3) is 22.5 Å². The Hall–Kier alpha value is -3.48. The van der Waals surface area contributed by atoms with E-state index in [2.05, 4.69) is 62.2 Å². The highest BCUT2D eigenvalue weighted by Crippen LogP contribution is 2.69. The summed E-state index contributed by atoms with van der Waals surface area (Å²) in [5, 5.41) is 13.6. The topological polar surface area (TPSA) is 56.5 Å². The van der Waals surface area contributed by atoms with E-state index in [1.54, 1.807) is 0 Å². The first kappa shape index (κ1) is 23.9. The van der Waals surface area contributed by atoms with Gasteiger partial charge in [0, 0.05) is 18.3 Å². The van der Waals surface area contributed by atoms with E-state index >= 15 is 0 Å². The molecule has 0 amide bonds. The molecule has 2 aliphatic carbocycles. The highest BCUT2D eigenvalue weighted by molar-refractivity contribution is 5.65. The fourth-order valence-corrected chi connectivity index (χ4v) is 6.66. The van der Waals surface area contributed by atoms with E-state index in [9.17, 15) is 8.78 Å². The highest BCUT2D eigenvalue weighted by Gasteiger charge is 2.65. The molecule has 1 saturated carbocycles. The minimum absolute atomic E-state index is 0.122. The summed E-state index contributed by atoms with van der Waals surface area (Å²) in [5.74, 6) is -1.06. The minimum atomic E-state index is -0.632. The number of pyridine rings is 1. The third-order valence-electron chi connectivity index (χ3n) is 8.35. The summed E-state index contributed by atoms with van der Waals surface area (Å²) in [4.78, 5) is 5.17. The van der Waals surface area contributed by atoms with Crippen LogP contribution in [0.4, 0.5) is 8.78 Å². The molecule has 2 bridgehead atoms. The Morgan fingerprint density at radius 1 is 1.00 bits per heavy atom. The van der Waals surface area contributed by atoms with Gasteiger partial charge in [-0.25, -0.2) is 8.78 Å². The van der Waals surface area contributed by atoms with Gasteiger partial charge >= 0.3 is 0 Å². The molecule has 2 aliphatic rings. The van der Waals surface area contributed by atoms with Crippen LogP contribution in [0.3, 0.4) is 0 Å². The second kappa shape index (κ2) is 8.01. The van der Waals surface area contributed by atoms with Crippen molar-refractivity contribution < 1.29 is 8.78 Å². The van der Waals surface area contributed by atoms with Gasteiger partial charge in [0.2, 0.25) is 0 Å². The summed E-state index contributed by atoms with van der Waals surface area (Å²) < 4.78 is 31.1. The molecule has 0 spiro atoms. The predicted octanol–water partition coefficient (Wildman–Crippen LogP) is 6.93. The average molecular weight is 500 g/mol. The predicted molar refractivity (Wildman–Crippen MR) is 139 cm³/mol. The Labute approximate surface area is 216 Å². The van der Waals surface area contributed by atoms with Gasteiger partial charge in [-0.1, -0.05) is 46.8 Å². The van der Waals surface area contributed by atoms with E-state index in [4.69, 9.17) is 4.98 Å². The molecule has 4 aromatic rings. The van der Waals surface area contributed by atoms with Crippen molar-refractivity contribution in [3.63, 3.8) is 0 Å². The van der Waals surface area contributed by atoms with Gasteiger partial charge in [0.05, 0.1) is 40.0 Å². The molecule has 5 nitrogen and oxygen atoms in total. The average Bonchev–Trinajstić information content (AvgIpc) is 3.45. The fraction of sp³-hybridized carbons (Fsp3) is 0.400. The molecule has 3 aromatic heterocycles. The lowest BCUT2D eigenvalue weighted by molar-refractivity contribution is 0.243. The molecule has 2 atom stereocenters. The molecule has 7 heteroatoms.